The summed E-state index contributed by atoms with van der Waals surface area (Å²) >= 11 is 0. The van der Waals surface area contributed by atoms with E-state index in [-0.39, 0.29) is 29.1 Å². The van der Waals surface area contributed by atoms with E-state index in [1.54, 1.807) is 11.9 Å². The number of likely N-dealkylation sites (tertiary alicyclic amines) is 1. The van der Waals surface area contributed by atoms with Crippen molar-refractivity contribution in [3.8, 4) is 0 Å². The molecule has 2 heterocycles. The van der Waals surface area contributed by atoms with Gasteiger partial charge >= 0.3 is 0 Å². The number of hydrogen-bond donors (Lipinski definition) is 2. The molecule has 2 rings (SSSR count). The molecular weight excluding hydrogens is 258 g/mol. The molecule has 0 aromatic carbocycles. The van der Waals surface area contributed by atoms with Crippen LogP contribution in [0.3, 0.4) is 0 Å². The van der Waals surface area contributed by atoms with E-state index in [1.165, 1.54) is 0 Å². The summed E-state index contributed by atoms with van der Waals surface area (Å²) in [4.78, 5) is 29.3. The van der Waals surface area contributed by atoms with Crippen LogP contribution in [0.4, 0.5) is 0 Å². The number of H-pyrrole nitrogens is 1. The van der Waals surface area contributed by atoms with Crippen molar-refractivity contribution in [1.82, 2.24) is 25.4 Å². The van der Waals surface area contributed by atoms with Gasteiger partial charge in [-0.15, -0.1) is 5.10 Å². The Labute approximate surface area is 118 Å². The number of carbonyl (C=O) groups is 2. The molecule has 1 aromatic heterocycles. The fraction of sp³-hybridized carbons (Fsp3) is 0.692. The lowest BCUT2D eigenvalue weighted by atomic mass is 9.96. The second-order valence-electron chi connectivity index (χ2n) is 6.24. The molecule has 2 amide bonds. The molecule has 7 nitrogen and oxygen atoms in total. The monoisotopic (exact) mass is 279 g/mol. The van der Waals surface area contributed by atoms with E-state index in [0.717, 1.165) is 0 Å². The Bertz CT molecular complexity index is 517. The Morgan fingerprint density at radius 2 is 2.15 bits per heavy atom. The largest absolute Gasteiger partial charge is 0.345 e. The average Bonchev–Trinajstić information content (AvgIpc) is 2.83. The normalized spacial score (nSPS) is 20.1. The number of carbonyl (C=O) groups excluding carboxylic acids is 2. The lowest BCUT2D eigenvalue weighted by Gasteiger charge is -2.29. The maximum absolute atomic E-state index is 12.1. The van der Waals surface area contributed by atoms with Crippen LogP contribution in [-0.2, 0) is 10.2 Å². The van der Waals surface area contributed by atoms with Crippen LogP contribution in [0.2, 0.25) is 0 Å². The standard InChI is InChI=1S/C13H21N5O2/c1-13(2,3)12-15-10(16-17-12)11(20)14-8-5-6-9(19)18(4)7-8/h8H,5-7H2,1-4H3,(H,14,20)(H,15,16,17). The second-order valence-corrected chi connectivity index (χ2v) is 6.24. The minimum absolute atomic E-state index is 0.0400. The molecule has 1 aliphatic rings. The highest BCUT2D eigenvalue weighted by atomic mass is 16.2. The molecule has 7 heteroatoms. The number of amides is 2. The Morgan fingerprint density at radius 3 is 2.70 bits per heavy atom. The first-order valence-electron chi connectivity index (χ1n) is 6.75. The van der Waals surface area contributed by atoms with Gasteiger partial charge in [-0.05, 0) is 6.42 Å². The topological polar surface area (TPSA) is 91.0 Å². The summed E-state index contributed by atoms with van der Waals surface area (Å²) in [5.41, 5.74) is -0.178. The van der Waals surface area contributed by atoms with Crippen molar-refractivity contribution in [3.05, 3.63) is 11.6 Å². The van der Waals surface area contributed by atoms with E-state index < -0.39 is 0 Å². The summed E-state index contributed by atoms with van der Waals surface area (Å²) in [5, 5.41) is 9.62. The fourth-order valence-corrected chi connectivity index (χ4v) is 2.08. The van der Waals surface area contributed by atoms with Crippen LogP contribution in [0.15, 0.2) is 0 Å². The van der Waals surface area contributed by atoms with E-state index in [1.807, 2.05) is 20.8 Å². The van der Waals surface area contributed by atoms with Gasteiger partial charge < -0.3 is 10.2 Å². The van der Waals surface area contributed by atoms with Crippen molar-refractivity contribution >= 4 is 11.8 Å². The van der Waals surface area contributed by atoms with Crippen LogP contribution >= 0.6 is 0 Å². The van der Waals surface area contributed by atoms with Crippen LogP contribution in [0.1, 0.15) is 50.1 Å². The van der Waals surface area contributed by atoms with Gasteiger partial charge in [0.2, 0.25) is 11.7 Å². The number of likely N-dealkylation sites (N-methyl/N-ethyl adjacent to an activating group) is 1. The minimum atomic E-state index is -0.301. The Hall–Kier alpha value is -1.92. The number of aromatic amines is 1. The Balaban J connectivity index is 1.98. The summed E-state index contributed by atoms with van der Waals surface area (Å²) in [6.45, 7) is 6.52. The Morgan fingerprint density at radius 1 is 1.45 bits per heavy atom. The third kappa shape index (κ3) is 3.15. The van der Waals surface area contributed by atoms with Crippen molar-refractivity contribution < 1.29 is 9.59 Å². The van der Waals surface area contributed by atoms with Crippen LogP contribution < -0.4 is 5.32 Å². The highest BCUT2D eigenvalue weighted by molar-refractivity contribution is 5.90. The SMILES string of the molecule is CN1CC(NC(=O)c2n[nH]c(C(C)(C)C)n2)CCC1=O. The van der Waals surface area contributed by atoms with E-state index in [4.69, 9.17) is 0 Å². The van der Waals surface area contributed by atoms with Crippen molar-refractivity contribution in [3.63, 3.8) is 0 Å². The minimum Gasteiger partial charge on any atom is -0.345 e. The van der Waals surface area contributed by atoms with Crippen LogP contribution in [0, 0.1) is 0 Å². The van der Waals surface area contributed by atoms with E-state index >= 15 is 0 Å². The number of nitrogens with one attached hydrogen (secondary N) is 2. The van der Waals surface area contributed by atoms with Gasteiger partial charge in [0, 0.05) is 31.5 Å². The average molecular weight is 279 g/mol. The van der Waals surface area contributed by atoms with Crippen LogP contribution in [-0.4, -0.2) is 51.5 Å². The van der Waals surface area contributed by atoms with Gasteiger partial charge in [0.15, 0.2) is 0 Å². The number of nitrogens with zero attached hydrogens (tertiary/aromatic N) is 3. The summed E-state index contributed by atoms with van der Waals surface area (Å²) in [6, 6.07) is -0.0400. The molecular formula is C13H21N5O2. The van der Waals surface area contributed by atoms with Crippen molar-refractivity contribution in [1.29, 1.82) is 0 Å². The van der Waals surface area contributed by atoms with Crippen molar-refractivity contribution in [2.24, 2.45) is 0 Å². The molecule has 1 saturated heterocycles. The zero-order chi connectivity index (χ0) is 14.9. The molecule has 20 heavy (non-hydrogen) atoms. The number of aromatic nitrogens is 3. The predicted molar refractivity (Wildman–Crippen MR) is 73.2 cm³/mol. The molecule has 2 N–H and O–H groups in total. The summed E-state index contributed by atoms with van der Waals surface area (Å²) in [7, 11) is 1.74. The van der Waals surface area contributed by atoms with Crippen LogP contribution in [0.5, 0.6) is 0 Å². The van der Waals surface area contributed by atoms with Gasteiger partial charge in [-0.3, -0.25) is 14.7 Å². The molecule has 1 atom stereocenters. The molecule has 0 spiro atoms. The van der Waals surface area contributed by atoms with Crippen molar-refractivity contribution in [2.45, 2.75) is 45.1 Å². The van der Waals surface area contributed by atoms with E-state index in [2.05, 4.69) is 20.5 Å². The fourth-order valence-electron chi connectivity index (χ4n) is 2.08. The van der Waals surface area contributed by atoms with Crippen molar-refractivity contribution in [2.75, 3.05) is 13.6 Å². The molecule has 0 bridgehead atoms. The predicted octanol–water partition coefficient (Wildman–Crippen LogP) is 0.453. The number of piperidine rings is 1. The van der Waals surface area contributed by atoms with Gasteiger partial charge in [-0.25, -0.2) is 4.98 Å². The van der Waals surface area contributed by atoms with Crippen LogP contribution in [0.25, 0.3) is 0 Å². The summed E-state index contributed by atoms with van der Waals surface area (Å²) in [5.74, 6) is 0.640. The van der Waals surface area contributed by atoms with Gasteiger partial charge in [-0.2, -0.15) is 0 Å². The second kappa shape index (κ2) is 5.22. The number of rotatable bonds is 2. The molecule has 0 radical (unpaired) electrons. The molecule has 1 fully saturated rings. The van der Waals surface area contributed by atoms with E-state index in [9.17, 15) is 9.59 Å². The highest BCUT2D eigenvalue weighted by Crippen LogP contribution is 2.17. The summed E-state index contributed by atoms with van der Waals surface area (Å²) in [6.07, 6.45) is 1.12. The Kier molecular flexibility index (Phi) is 3.78. The van der Waals surface area contributed by atoms with E-state index in [0.29, 0.717) is 25.2 Å². The molecule has 1 unspecified atom stereocenters. The maximum atomic E-state index is 12.1. The van der Waals surface area contributed by atoms with Gasteiger partial charge in [0.1, 0.15) is 5.82 Å². The molecule has 110 valence electrons. The first-order chi connectivity index (χ1) is 9.27. The molecule has 1 aliphatic heterocycles. The number of hydrogen-bond acceptors (Lipinski definition) is 4. The lowest BCUT2D eigenvalue weighted by molar-refractivity contribution is -0.132. The zero-order valence-electron chi connectivity index (χ0n) is 12.4. The third-order valence-corrected chi connectivity index (χ3v) is 3.36. The quantitative estimate of drug-likeness (QED) is 0.822. The van der Waals surface area contributed by atoms with Gasteiger partial charge in [0.25, 0.3) is 5.91 Å². The first-order valence-corrected chi connectivity index (χ1v) is 6.75. The first kappa shape index (κ1) is 14.5. The molecule has 1 aromatic rings. The third-order valence-electron chi connectivity index (χ3n) is 3.36. The van der Waals surface area contributed by atoms with Gasteiger partial charge in [0.05, 0.1) is 0 Å². The maximum Gasteiger partial charge on any atom is 0.291 e. The smallest absolute Gasteiger partial charge is 0.291 e. The molecule has 0 saturated carbocycles. The molecule has 0 aliphatic carbocycles. The zero-order valence-corrected chi connectivity index (χ0v) is 12.4. The van der Waals surface area contributed by atoms with Gasteiger partial charge in [-0.1, -0.05) is 20.8 Å². The summed E-state index contributed by atoms with van der Waals surface area (Å²) < 4.78 is 0. The lowest BCUT2D eigenvalue weighted by Crippen LogP contribution is -2.48. The highest BCUT2D eigenvalue weighted by Gasteiger charge is 2.26.